The normalized spacial score (nSPS) is 10.7. The highest BCUT2D eigenvalue weighted by Gasteiger charge is 2.08. The zero-order valence-electron chi connectivity index (χ0n) is 30.4. The molecular weight excluding hydrogens is 685 g/mol. The maximum absolute atomic E-state index is 4.78. The first-order chi connectivity index (χ1) is 27.7. The van der Waals surface area contributed by atoms with E-state index >= 15 is 0 Å². The number of aromatic nitrogens is 6. The molecule has 0 amide bonds. The van der Waals surface area contributed by atoms with Crippen LogP contribution in [0.3, 0.4) is 0 Å². The molecule has 0 aliphatic heterocycles. The molecule has 9 rings (SSSR count). The van der Waals surface area contributed by atoms with Gasteiger partial charge in [-0.2, -0.15) is 0 Å². The van der Waals surface area contributed by atoms with Gasteiger partial charge in [0.05, 0.1) is 11.0 Å². The van der Waals surface area contributed by atoms with Crippen LogP contribution in [0.25, 0.3) is 44.1 Å². The van der Waals surface area contributed by atoms with Gasteiger partial charge in [0.25, 0.3) is 0 Å². The minimum absolute atomic E-state index is 0.786. The van der Waals surface area contributed by atoms with E-state index in [0.29, 0.717) is 0 Å². The largest absolute Gasteiger partial charge is 0.265 e. The first-order valence-corrected chi connectivity index (χ1v) is 18.4. The summed E-state index contributed by atoms with van der Waals surface area (Å²) in [6.07, 6.45) is 19.3. The van der Waals surface area contributed by atoms with E-state index in [-0.39, 0.29) is 0 Å². The summed E-state index contributed by atoms with van der Waals surface area (Å²) >= 11 is 0. The molecule has 0 aliphatic carbocycles. The fourth-order valence-corrected chi connectivity index (χ4v) is 6.63. The average molecular weight is 719 g/mol. The number of nitrogens with zero attached hydrogens (tertiary/aromatic N) is 6. The molecule has 0 fully saturated rings. The molecule has 0 bridgehead atoms. The van der Waals surface area contributed by atoms with Gasteiger partial charge in [0.15, 0.2) is 37.9 Å². The van der Waals surface area contributed by atoms with Crippen LogP contribution in [0.4, 0.5) is 0 Å². The van der Waals surface area contributed by atoms with E-state index in [9.17, 15) is 0 Å². The molecule has 0 radical (unpaired) electrons. The van der Waals surface area contributed by atoms with E-state index in [1.54, 1.807) is 0 Å². The molecule has 56 heavy (non-hydrogen) atoms. The third-order valence-corrected chi connectivity index (χ3v) is 9.65. The highest BCUT2D eigenvalue weighted by Crippen LogP contribution is 2.24. The van der Waals surface area contributed by atoms with Crippen LogP contribution in [0.5, 0.6) is 0 Å². The Morgan fingerprint density at radius 3 is 1.12 bits per heavy atom. The molecule has 0 unspecified atom stereocenters. The molecule has 0 saturated heterocycles. The van der Waals surface area contributed by atoms with E-state index in [1.165, 1.54) is 22.3 Å². The molecule has 6 heterocycles. The molecule has 0 spiro atoms. The second-order valence-corrected chi connectivity index (χ2v) is 13.5. The monoisotopic (exact) mass is 718 g/mol. The van der Waals surface area contributed by atoms with Gasteiger partial charge in [-0.3, -0.25) is 19.9 Å². The van der Waals surface area contributed by atoms with E-state index in [2.05, 4.69) is 165 Å². The van der Waals surface area contributed by atoms with Gasteiger partial charge in [-0.05, 0) is 82.9 Å². The van der Waals surface area contributed by atoms with Crippen LogP contribution in [0.1, 0.15) is 33.4 Å². The molecule has 0 N–H and O–H groups in total. The third kappa shape index (κ3) is 7.92. The Morgan fingerprint density at radius 1 is 0.375 bits per heavy atom. The predicted molar refractivity (Wildman–Crippen MR) is 220 cm³/mol. The minimum Gasteiger partial charge on any atom is -0.265 e. The van der Waals surface area contributed by atoms with Crippen molar-refractivity contribution in [3.8, 4) is 45.9 Å². The van der Waals surface area contributed by atoms with Crippen LogP contribution >= 0.6 is 0 Å². The quantitative estimate of drug-likeness (QED) is 0.0986. The second kappa shape index (κ2) is 15.7. The summed E-state index contributed by atoms with van der Waals surface area (Å²) in [6, 6.07) is 41.7. The van der Waals surface area contributed by atoms with Gasteiger partial charge >= 0.3 is 0 Å². The van der Waals surface area contributed by atoms with Crippen molar-refractivity contribution >= 4 is 21.8 Å². The molecule has 6 heteroatoms. The van der Waals surface area contributed by atoms with Crippen molar-refractivity contribution in [3.63, 3.8) is 0 Å². The van der Waals surface area contributed by atoms with Crippen molar-refractivity contribution in [2.75, 3.05) is 0 Å². The fraction of sp³-hybridized carbons (Fsp3) is 0.0400. The van der Waals surface area contributed by atoms with Gasteiger partial charge in [-0.25, -0.2) is 9.13 Å². The SMILES string of the molecule is C(#Cc1cnc2c(ccc3cc(C#Cc4ccc(C[n+]5ccc(-c6ccncc6)cc5)cc4)cnc32)c1)c1ccc(C[n+]2ccc(-c3ccncc3)cc2)cc1. The fourth-order valence-electron chi connectivity index (χ4n) is 6.63. The predicted octanol–water partition coefficient (Wildman–Crippen LogP) is 8.38. The summed E-state index contributed by atoms with van der Waals surface area (Å²) < 4.78 is 4.34. The lowest BCUT2D eigenvalue weighted by molar-refractivity contribution is -0.688. The number of rotatable bonds is 6. The van der Waals surface area contributed by atoms with Crippen LogP contribution < -0.4 is 9.13 Å². The Labute approximate surface area is 325 Å². The molecule has 3 aromatic carbocycles. The van der Waals surface area contributed by atoms with Crippen molar-refractivity contribution in [1.29, 1.82) is 0 Å². The van der Waals surface area contributed by atoms with Crippen molar-refractivity contribution in [1.82, 2.24) is 19.9 Å². The third-order valence-electron chi connectivity index (χ3n) is 9.65. The first kappa shape index (κ1) is 34.0. The number of hydrogen-bond acceptors (Lipinski definition) is 4. The van der Waals surface area contributed by atoms with Gasteiger partial charge in [0, 0.05) is 106 Å². The number of hydrogen-bond donors (Lipinski definition) is 0. The van der Waals surface area contributed by atoms with Crippen LogP contribution in [0.15, 0.2) is 183 Å². The Kier molecular flexibility index (Phi) is 9.51. The van der Waals surface area contributed by atoms with Crippen molar-refractivity contribution in [2.45, 2.75) is 13.1 Å². The maximum atomic E-state index is 4.78. The molecule has 0 saturated carbocycles. The Hall–Kier alpha value is -7.80. The van der Waals surface area contributed by atoms with Gasteiger partial charge in [0.1, 0.15) is 0 Å². The van der Waals surface area contributed by atoms with E-state index in [0.717, 1.165) is 68.3 Å². The number of pyridine rings is 6. The topological polar surface area (TPSA) is 59.3 Å². The lowest BCUT2D eigenvalue weighted by Crippen LogP contribution is -2.32. The van der Waals surface area contributed by atoms with E-state index in [4.69, 9.17) is 9.97 Å². The molecule has 262 valence electrons. The molecule has 0 aliphatic rings. The molecule has 6 nitrogen and oxygen atoms in total. The maximum Gasteiger partial charge on any atom is 0.173 e. The van der Waals surface area contributed by atoms with E-state index in [1.807, 2.05) is 61.4 Å². The smallest absolute Gasteiger partial charge is 0.173 e. The number of fused-ring (bicyclic) bond motifs is 3. The van der Waals surface area contributed by atoms with Crippen molar-refractivity contribution < 1.29 is 9.13 Å². The molecule has 6 aromatic heterocycles. The lowest BCUT2D eigenvalue weighted by atomic mass is 10.1. The second-order valence-electron chi connectivity index (χ2n) is 13.5. The van der Waals surface area contributed by atoms with Crippen LogP contribution in [0, 0.1) is 23.7 Å². The minimum atomic E-state index is 0.786. The molecule has 0 atom stereocenters. The van der Waals surface area contributed by atoms with Crippen LogP contribution in [-0.4, -0.2) is 19.9 Å². The Balaban J connectivity index is 0.831. The van der Waals surface area contributed by atoms with Gasteiger partial charge in [-0.1, -0.05) is 60.1 Å². The summed E-state index contributed by atoms with van der Waals surface area (Å²) in [7, 11) is 0. The summed E-state index contributed by atoms with van der Waals surface area (Å²) in [5, 5.41) is 2.00. The summed E-state index contributed by atoms with van der Waals surface area (Å²) in [6.45, 7) is 1.57. The lowest BCUT2D eigenvalue weighted by Gasteiger charge is -2.04. The average Bonchev–Trinajstić information content (AvgIpc) is 3.27. The van der Waals surface area contributed by atoms with Gasteiger partial charge in [-0.15, -0.1) is 0 Å². The zero-order chi connectivity index (χ0) is 37.5. The van der Waals surface area contributed by atoms with E-state index < -0.39 is 0 Å². The number of benzene rings is 3. The van der Waals surface area contributed by atoms with Crippen molar-refractivity contribution in [2.24, 2.45) is 0 Å². The highest BCUT2D eigenvalue weighted by atomic mass is 14.9. The van der Waals surface area contributed by atoms with Gasteiger partial charge in [0.2, 0.25) is 0 Å². The summed E-state index contributed by atoms with van der Waals surface area (Å²) in [5.74, 6) is 13.2. The standard InChI is InChI=1S/C50H34N6/c1-7-39(35-55-27-19-45(20-28-55)43-15-23-51-24-16-43)8-2-37(1)5-11-41-31-47-13-14-48-32-42(34-54-50(48)49(47)53-33-41)12-6-38-3-9-40(10-4-38)36-56-29-21-46(22-30-56)44-17-25-52-26-18-44/h1-4,7-10,13-34H,35-36H2/q+2. The molecular formula is C50H34N6+2. The zero-order valence-corrected chi connectivity index (χ0v) is 30.4. The highest BCUT2D eigenvalue weighted by molar-refractivity contribution is 6.03. The Bertz CT molecular complexity index is 2720. The Morgan fingerprint density at radius 2 is 0.732 bits per heavy atom. The summed E-state index contributed by atoms with van der Waals surface area (Å²) in [5.41, 5.74) is 12.4. The van der Waals surface area contributed by atoms with Crippen LogP contribution in [-0.2, 0) is 13.1 Å². The molecule has 9 aromatic rings. The van der Waals surface area contributed by atoms with Crippen molar-refractivity contribution in [3.05, 3.63) is 217 Å². The van der Waals surface area contributed by atoms with Gasteiger partial charge < -0.3 is 0 Å². The first-order valence-electron chi connectivity index (χ1n) is 18.4. The summed E-state index contributed by atoms with van der Waals surface area (Å²) in [4.78, 5) is 17.8. The van der Waals surface area contributed by atoms with Crippen LogP contribution in [0.2, 0.25) is 0 Å².